The molecule has 3 rings (SSSR count). The first-order chi connectivity index (χ1) is 13.5. The van der Waals surface area contributed by atoms with E-state index in [9.17, 15) is 9.18 Å². The van der Waals surface area contributed by atoms with E-state index in [1.807, 2.05) is 18.2 Å². The predicted octanol–water partition coefficient (Wildman–Crippen LogP) is 5.58. The van der Waals surface area contributed by atoms with Crippen molar-refractivity contribution in [1.29, 1.82) is 0 Å². The highest BCUT2D eigenvalue weighted by molar-refractivity contribution is 9.10. The second kappa shape index (κ2) is 11.0. The van der Waals surface area contributed by atoms with Crippen molar-refractivity contribution in [2.24, 2.45) is 0 Å². The lowest BCUT2D eigenvalue weighted by atomic mass is 10.1. The molecule has 0 aliphatic carbocycles. The van der Waals surface area contributed by atoms with Gasteiger partial charge in [-0.25, -0.2) is 9.18 Å². The summed E-state index contributed by atoms with van der Waals surface area (Å²) in [7, 11) is 0. The summed E-state index contributed by atoms with van der Waals surface area (Å²) in [6.45, 7) is 1.28. The second-order valence-corrected chi connectivity index (χ2v) is 7.15. The summed E-state index contributed by atoms with van der Waals surface area (Å²) in [6.07, 6.45) is 0. The maximum atomic E-state index is 13.8. The van der Waals surface area contributed by atoms with E-state index >= 15 is 0 Å². The summed E-state index contributed by atoms with van der Waals surface area (Å²) in [4.78, 5) is 10.9. The van der Waals surface area contributed by atoms with Gasteiger partial charge in [0.25, 0.3) is 0 Å². The smallest absolute Gasteiger partial charge is 0.335 e. The fourth-order valence-corrected chi connectivity index (χ4v) is 3.11. The molecule has 3 aromatic rings. The van der Waals surface area contributed by atoms with Crippen molar-refractivity contribution >= 4 is 34.3 Å². The molecule has 7 heteroatoms. The summed E-state index contributed by atoms with van der Waals surface area (Å²) >= 11 is 3.46. The molecule has 0 atom stereocenters. The van der Waals surface area contributed by atoms with Gasteiger partial charge in [-0.05, 0) is 42.0 Å². The fourth-order valence-electron chi connectivity index (χ4n) is 2.70. The highest BCUT2D eigenvalue weighted by Gasteiger charge is 2.08. The number of nitrogens with one attached hydrogen (secondary N) is 1. The number of hydrogen-bond donors (Lipinski definition) is 2. The van der Waals surface area contributed by atoms with Gasteiger partial charge in [0.1, 0.15) is 18.2 Å². The Morgan fingerprint density at radius 1 is 1.00 bits per heavy atom. The highest BCUT2D eigenvalue weighted by Crippen LogP contribution is 2.24. The SMILES string of the molecule is Cl.O=C(O)c1ccc(CNCc2cc(Br)ccc2OCc2ccccc2F)cc1. The molecular weight excluding hydrogens is 461 g/mol. The Bertz CT molecular complexity index is 967. The Labute approximate surface area is 183 Å². The highest BCUT2D eigenvalue weighted by atomic mass is 79.9. The quantitative estimate of drug-likeness (QED) is 0.442. The normalized spacial score (nSPS) is 10.3. The van der Waals surface area contributed by atoms with Gasteiger partial charge in [-0.2, -0.15) is 0 Å². The minimum atomic E-state index is -0.940. The topological polar surface area (TPSA) is 58.6 Å². The van der Waals surface area contributed by atoms with Crippen molar-refractivity contribution in [1.82, 2.24) is 5.32 Å². The van der Waals surface area contributed by atoms with Gasteiger partial charge in [-0.3, -0.25) is 0 Å². The van der Waals surface area contributed by atoms with Gasteiger partial charge < -0.3 is 15.2 Å². The van der Waals surface area contributed by atoms with E-state index < -0.39 is 5.97 Å². The number of aromatic carboxylic acids is 1. The van der Waals surface area contributed by atoms with Crippen LogP contribution < -0.4 is 10.1 Å². The molecule has 3 aromatic carbocycles. The average Bonchev–Trinajstić information content (AvgIpc) is 2.69. The van der Waals surface area contributed by atoms with E-state index in [1.165, 1.54) is 6.07 Å². The summed E-state index contributed by atoms with van der Waals surface area (Å²) in [6, 6.07) is 19.0. The number of ether oxygens (including phenoxy) is 1. The molecule has 0 bridgehead atoms. The van der Waals surface area contributed by atoms with Crippen molar-refractivity contribution in [2.75, 3.05) is 0 Å². The molecule has 0 aliphatic rings. The first kappa shape index (κ1) is 22.9. The summed E-state index contributed by atoms with van der Waals surface area (Å²) in [5.74, 6) is -0.547. The van der Waals surface area contributed by atoms with Crippen LogP contribution in [0.3, 0.4) is 0 Å². The lowest BCUT2D eigenvalue weighted by Gasteiger charge is -2.13. The van der Waals surface area contributed by atoms with Gasteiger partial charge in [-0.1, -0.05) is 46.3 Å². The molecule has 0 fully saturated rings. The zero-order valence-corrected chi connectivity index (χ0v) is 17.8. The second-order valence-electron chi connectivity index (χ2n) is 6.24. The van der Waals surface area contributed by atoms with Crippen LogP contribution in [0.1, 0.15) is 27.0 Å². The Hall–Kier alpha value is -2.41. The lowest BCUT2D eigenvalue weighted by Crippen LogP contribution is -2.14. The number of carboxylic acid groups (broad SMARTS) is 1. The van der Waals surface area contributed by atoms with Gasteiger partial charge in [0.05, 0.1) is 5.56 Å². The fraction of sp³-hybridized carbons (Fsp3) is 0.136. The summed E-state index contributed by atoms with van der Waals surface area (Å²) in [5, 5.41) is 12.3. The van der Waals surface area contributed by atoms with Gasteiger partial charge in [0.15, 0.2) is 0 Å². The summed E-state index contributed by atoms with van der Waals surface area (Å²) < 4.78 is 20.6. The standard InChI is InChI=1S/C22H19BrFNO3.ClH/c23-19-9-10-21(28-14-17-3-1-2-4-20(17)24)18(11-19)13-25-12-15-5-7-16(8-6-15)22(26)27;/h1-11,25H,12-14H2,(H,26,27);1H. The molecule has 0 heterocycles. The molecule has 152 valence electrons. The molecule has 0 spiro atoms. The molecule has 0 aromatic heterocycles. The van der Waals surface area contributed by atoms with Crippen LogP contribution in [0.2, 0.25) is 0 Å². The van der Waals surface area contributed by atoms with E-state index in [4.69, 9.17) is 9.84 Å². The van der Waals surface area contributed by atoms with Crippen molar-refractivity contribution in [3.8, 4) is 5.75 Å². The van der Waals surface area contributed by atoms with E-state index in [-0.39, 0.29) is 30.4 Å². The third kappa shape index (κ3) is 6.56. The van der Waals surface area contributed by atoms with Crippen LogP contribution in [0.25, 0.3) is 0 Å². The monoisotopic (exact) mass is 479 g/mol. The number of carbonyl (C=O) groups is 1. The lowest BCUT2D eigenvalue weighted by molar-refractivity contribution is 0.0697. The number of rotatable bonds is 8. The first-order valence-corrected chi connectivity index (χ1v) is 9.50. The minimum Gasteiger partial charge on any atom is -0.488 e. The van der Waals surface area contributed by atoms with E-state index in [1.54, 1.807) is 42.5 Å². The van der Waals surface area contributed by atoms with Gasteiger partial charge in [0, 0.05) is 28.7 Å². The molecule has 0 amide bonds. The largest absolute Gasteiger partial charge is 0.488 e. The van der Waals surface area contributed by atoms with E-state index in [0.29, 0.717) is 24.4 Å². The average molecular weight is 481 g/mol. The third-order valence-electron chi connectivity index (χ3n) is 4.21. The Kier molecular flexibility index (Phi) is 8.64. The van der Waals surface area contributed by atoms with Crippen molar-refractivity contribution in [3.05, 3.63) is 99.3 Å². The molecule has 0 saturated heterocycles. The first-order valence-electron chi connectivity index (χ1n) is 8.70. The van der Waals surface area contributed by atoms with Crippen LogP contribution in [-0.4, -0.2) is 11.1 Å². The van der Waals surface area contributed by atoms with E-state index in [0.717, 1.165) is 15.6 Å². The van der Waals surface area contributed by atoms with Crippen LogP contribution in [0.15, 0.2) is 71.2 Å². The Balaban J connectivity index is 0.00000300. The minimum absolute atomic E-state index is 0. The maximum Gasteiger partial charge on any atom is 0.335 e. The third-order valence-corrected chi connectivity index (χ3v) is 4.70. The molecule has 0 saturated carbocycles. The molecule has 4 nitrogen and oxygen atoms in total. The van der Waals surface area contributed by atoms with Crippen LogP contribution in [0, 0.1) is 5.82 Å². The molecular formula is C22H20BrClFNO3. The van der Waals surface area contributed by atoms with Crippen LogP contribution in [0.5, 0.6) is 5.75 Å². The number of halogens is 3. The Morgan fingerprint density at radius 3 is 2.41 bits per heavy atom. The van der Waals surface area contributed by atoms with Crippen molar-refractivity contribution in [3.63, 3.8) is 0 Å². The molecule has 0 radical (unpaired) electrons. The van der Waals surface area contributed by atoms with Crippen LogP contribution in [-0.2, 0) is 19.7 Å². The van der Waals surface area contributed by atoms with Crippen molar-refractivity contribution < 1.29 is 19.0 Å². The molecule has 0 aliphatic heterocycles. The number of carboxylic acids is 1. The van der Waals surface area contributed by atoms with Crippen LogP contribution >= 0.6 is 28.3 Å². The zero-order chi connectivity index (χ0) is 19.9. The van der Waals surface area contributed by atoms with Gasteiger partial charge >= 0.3 is 5.97 Å². The molecule has 0 unspecified atom stereocenters. The van der Waals surface area contributed by atoms with Gasteiger partial charge in [-0.15, -0.1) is 12.4 Å². The number of hydrogen-bond acceptors (Lipinski definition) is 3. The maximum absolute atomic E-state index is 13.8. The summed E-state index contributed by atoms with van der Waals surface area (Å²) in [5.41, 5.74) is 2.68. The predicted molar refractivity (Wildman–Crippen MR) is 116 cm³/mol. The zero-order valence-electron chi connectivity index (χ0n) is 15.4. The van der Waals surface area contributed by atoms with Crippen molar-refractivity contribution in [2.45, 2.75) is 19.7 Å². The van der Waals surface area contributed by atoms with Crippen LogP contribution in [0.4, 0.5) is 4.39 Å². The Morgan fingerprint density at radius 2 is 1.72 bits per heavy atom. The van der Waals surface area contributed by atoms with E-state index in [2.05, 4.69) is 21.2 Å². The number of benzene rings is 3. The van der Waals surface area contributed by atoms with Gasteiger partial charge in [0.2, 0.25) is 0 Å². The molecule has 2 N–H and O–H groups in total. The molecule has 29 heavy (non-hydrogen) atoms.